The third-order valence-corrected chi connectivity index (χ3v) is 3.49. The maximum Gasteiger partial charge on any atom is 0.326 e. The normalized spacial score (nSPS) is 32.7. The number of aliphatic hydroxyl groups excluding tert-OH is 2. The zero-order valence-corrected chi connectivity index (χ0v) is 9.83. The van der Waals surface area contributed by atoms with E-state index in [4.69, 9.17) is 5.11 Å². The average Bonchev–Trinajstić information content (AvgIpc) is 2.92. The van der Waals surface area contributed by atoms with Gasteiger partial charge in [0.1, 0.15) is 6.04 Å². The van der Waals surface area contributed by atoms with Gasteiger partial charge >= 0.3 is 5.69 Å². The quantitative estimate of drug-likeness (QED) is 0.433. The molecule has 0 saturated carbocycles. The molecule has 0 spiro atoms. The van der Waals surface area contributed by atoms with Gasteiger partial charge in [-0.05, 0) is 6.42 Å². The van der Waals surface area contributed by atoms with Crippen LogP contribution in [0.1, 0.15) is 18.2 Å². The summed E-state index contributed by atoms with van der Waals surface area (Å²) in [6, 6.07) is -1.25. The van der Waals surface area contributed by atoms with Crippen molar-refractivity contribution in [2.75, 3.05) is 6.61 Å². The van der Waals surface area contributed by atoms with E-state index < -0.39 is 29.4 Å². The Morgan fingerprint density at radius 1 is 1.32 bits per heavy atom. The van der Waals surface area contributed by atoms with Crippen molar-refractivity contribution in [1.82, 2.24) is 15.3 Å². The van der Waals surface area contributed by atoms with Gasteiger partial charge < -0.3 is 20.5 Å². The summed E-state index contributed by atoms with van der Waals surface area (Å²) in [5.41, 5.74) is -0.758. The van der Waals surface area contributed by atoms with Crippen molar-refractivity contribution in [1.29, 1.82) is 0 Å². The lowest BCUT2D eigenvalue weighted by atomic mass is 10.0. The number of hydrogen-bond donors (Lipinski definition) is 5. The Morgan fingerprint density at radius 2 is 2.11 bits per heavy atom. The summed E-state index contributed by atoms with van der Waals surface area (Å²) >= 11 is 0. The number of hydrogen-bond acceptors (Lipinski definition) is 7. The highest BCUT2D eigenvalue weighted by Crippen LogP contribution is 2.36. The van der Waals surface area contributed by atoms with Crippen molar-refractivity contribution in [2.45, 2.75) is 30.7 Å². The van der Waals surface area contributed by atoms with Crippen LogP contribution in [-0.2, 0) is 0 Å². The third kappa shape index (κ3) is 1.91. The van der Waals surface area contributed by atoms with Crippen LogP contribution in [0.3, 0.4) is 0 Å². The van der Waals surface area contributed by atoms with E-state index in [1.54, 1.807) is 0 Å². The smallest absolute Gasteiger partial charge is 0.326 e. The first-order chi connectivity index (χ1) is 9.10. The van der Waals surface area contributed by atoms with Crippen molar-refractivity contribution in [2.24, 2.45) is 10.2 Å². The molecule has 1 saturated heterocycles. The van der Waals surface area contributed by atoms with Gasteiger partial charge in [-0.3, -0.25) is 9.78 Å². The lowest BCUT2D eigenvalue weighted by Crippen LogP contribution is -2.38. The Bertz CT molecular complexity index is 636. The van der Waals surface area contributed by atoms with Crippen molar-refractivity contribution in [3.05, 3.63) is 26.5 Å². The molecule has 0 aliphatic carbocycles. The lowest BCUT2D eigenvalue weighted by molar-refractivity contribution is 0.121. The van der Waals surface area contributed by atoms with Crippen molar-refractivity contribution in [3.8, 4) is 0 Å². The standard InChI is InChI=1S/C10H13N5O4/c16-2-4-5(17)1-3(11-4)6-7-8(15-14-6)9(18)13-10(19)12-7/h3-6,11,16-17H,1-2H2,(H2,12,13,18,19)/t3-,4-,5+,6?/m0/s1. The Hall–Kier alpha value is -1.84. The molecule has 2 aliphatic rings. The molecular weight excluding hydrogens is 254 g/mol. The van der Waals surface area contributed by atoms with Crippen LogP contribution in [-0.4, -0.2) is 45.0 Å². The van der Waals surface area contributed by atoms with E-state index >= 15 is 0 Å². The molecule has 3 heterocycles. The van der Waals surface area contributed by atoms with Gasteiger partial charge in [-0.2, -0.15) is 5.11 Å². The fourth-order valence-corrected chi connectivity index (χ4v) is 2.54. The van der Waals surface area contributed by atoms with Crippen molar-refractivity contribution < 1.29 is 10.2 Å². The number of nitrogens with zero attached hydrogens (tertiary/aromatic N) is 2. The van der Waals surface area contributed by atoms with E-state index in [2.05, 4.69) is 25.5 Å². The van der Waals surface area contributed by atoms with E-state index in [1.165, 1.54) is 0 Å². The van der Waals surface area contributed by atoms with Crippen LogP contribution >= 0.6 is 0 Å². The summed E-state index contributed by atoms with van der Waals surface area (Å²) < 4.78 is 0. The molecule has 19 heavy (non-hydrogen) atoms. The molecule has 0 bridgehead atoms. The second-order valence-corrected chi connectivity index (χ2v) is 4.70. The van der Waals surface area contributed by atoms with E-state index in [9.17, 15) is 14.7 Å². The van der Waals surface area contributed by atoms with Crippen LogP contribution in [0, 0.1) is 0 Å². The number of aliphatic hydroxyl groups is 2. The third-order valence-electron chi connectivity index (χ3n) is 3.49. The van der Waals surface area contributed by atoms with E-state index in [1.807, 2.05) is 0 Å². The lowest BCUT2D eigenvalue weighted by Gasteiger charge is -2.16. The van der Waals surface area contributed by atoms with Crippen LogP contribution in [0.25, 0.3) is 0 Å². The predicted molar refractivity (Wildman–Crippen MR) is 63.4 cm³/mol. The number of aromatic nitrogens is 2. The molecule has 102 valence electrons. The number of rotatable bonds is 2. The van der Waals surface area contributed by atoms with E-state index in [-0.39, 0.29) is 18.3 Å². The molecule has 1 unspecified atom stereocenters. The van der Waals surface area contributed by atoms with Gasteiger partial charge in [-0.1, -0.05) is 0 Å². The molecule has 0 radical (unpaired) electrons. The second-order valence-electron chi connectivity index (χ2n) is 4.70. The van der Waals surface area contributed by atoms with Gasteiger partial charge in [0, 0.05) is 6.04 Å². The highest BCUT2D eigenvalue weighted by atomic mass is 16.3. The molecule has 2 aliphatic heterocycles. The summed E-state index contributed by atoms with van der Waals surface area (Å²) in [5, 5.41) is 29.6. The Morgan fingerprint density at radius 3 is 2.79 bits per heavy atom. The summed E-state index contributed by atoms with van der Waals surface area (Å²) in [7, 11) is 0. The second kappa shape index (κ2) is 4.37. The maximum atomic E-state index is 11.5. The minimum atomic E-state index is -0.692. The molecule has 1 aromatic rings. The van der Waals surface area contributed by atoms with Crippen LogP contribution in [0.5, 0.6) is 0 Å². The summed E-state index contributed by atoms with van der Waals surface area (Å²) in [4.78, 5) is 27.4. The average molecular weight is 267 g/mol. The van der Waals surface area contributed by atoms with E-state index in [0.717, 1.165) is 0 Å². The first kappa shape index (κ1) is 12.2. The topological polar surface area (TPSA) is 143 Å². The fourth-order valence-electron chi connectivity index (χ4n) is 2.54. The van der Waals surface area contributed by atoms with Gasteiger partial charge in [0.05, 0.1) is 24.4 Å². The molecule has 4 atom stereocenters. The van der Waals surface area contributed by atoms with Crippen molar-refractivity contribution in [3.63, 3.8) is 0 Å². The number of aromatic amines is 2. The zero-order chi connectivity index (χ0) is 13.6. The summed E-state index contributed by atoms with van der Waals surface area (Å²) in [6.45, 7) is -0.194. The van der Waals surface area contributed by atoms with Crippen LogP contribution in [0.4, 0.5) is 5.69 Å². The van der Waals surface area contributed by atoms with Crippen LogP contribution in [0.2, 0.25) is 0 Å². The highest BCUT2D eigenvalue weighted by molar-refractivity contribution is 5.43. The molecule has 0 amide bonds. The number of azo groups is 1. The molecule has 0 aromatic carbocycles. The molecule has 1 aromatic heterocycles. The van der Waals surface area contributed by atoms with Gasteiger partial charge in [0.25, 0.3) is 5.56 Å². The molecule has 9 nitrogen and oxygen atoms in total. The first-order valence-corrected chi connectivity index (χ1v) is 5.92. The summed E-state index contributed by atoms with van der Waals surface area (Å²) in [6.07, 6.45) is -0.327. The molecule has 9 heteroatoms. The van der Waals surface area contributed by atoms with Crippen molar-refractivity contribution >= 4 is 5.69 Å². The Balaban J connectivity index is 1.94. The van der Waals surface area contributed by atoms with Gasteiger partial charge in [-0.25, -0.2) is 4.79 Å². The fraction of sp³-hybridized carbons (Fsp3) is 0.600. The Kier molecular flexibility index (Phi) is 2.81. The SMILES string of the molecule is O=c1[nH]c2c(c(=O)[nH]1)N=NC2[C@@H]1C[C@@H](O)[C@H](CO)N1. The maximum absolute atomic E-state index is 11.5. The first-order valence-electron chi connectivity index (χ1n) is 5.92. The number of H-pyrrole nitrogens is 2. The molecule has 1 fully saturated rings. The zero-order valence-electron chi connectivity index (χ0n) is 9.83. The number of fused-ring (bicyclic) bond motifs is 1. The van der Waals surface area contributed by atoms with Gasteiger partial charge in [0.2, 0.25) is 0 Å². The Labute approximate surface area is 106 Å². The van der Waals surface area contributed by atoms with Gasteiger partial charge in [0.15, 0.2) is 5.69 Å². The molecular formula is C10H13N5O4. The van der Waals surface area contributed by atoms with E-state index in [0.29, 0.717) is 12.1 Å². The monoisotopic (exact) mass is 267 g/mol. The highest BCUT2D eigenvalue weighted by Gasteiger charge is 2.40. The predicted octanol–water partition coefficient (Wildman–Crippen LogP) is -1.71. The largest absolute Gasteiger partial charge is 0.395 e. The number of nitrogens with one attached hydrogen (secondary N) is 3. The minimum Gasteiger partial charge on any atom is -0.395 e. The van der Waals surface area contributed by atoms with Crippen LogP contribution in [0.15, 0.2) is 19.8 Å². The summed E-state index contributed by atoms with van der Waals surface area (Å²) in [5.74, 6) is 0. The van der Waals surface area contributed by atoms with Crippen LogP contribution < -0.4 is 16.6 Å². The molecule has 3 rings (SSSR count). The minimum absolute atomic E-state index is 0.0911. The molecule has 5 N–H and O–H groups in total. The van der Waals surface area contributed by atoms with Gasteiger partial charge in [-0.15, -0.1) is 5.11 Å².